The summed E-state index contributed by atoms with van der Waals surface area (Å²) in [6, 6.07) is 8.80. The van der Waals surface area contributed by atoms with Crippen molar-refractivity contribution >= 4 is 29.4 Å². The largest absolute Gasteiger partial charge is 0.479 e. The third kappa shape index (κ3) is 3.95. The number of carbonyl (C=O) groups is 2. The molecule has 0 amide bonds. The van der Waals surface area contributed by atoms with E-state index >= 15 is 0 Å². The SMILES string of the molecule is CCOC(=O)[C@H](C)Oc1ccc2c(c1)O/C(=C\c1c(F)cccc1Cl)C2=O. The molecule has 27 heavy (non-hydrogen) atoms. The van der Waals surface area contributed by atoms with Gasteiger partial charge in [-0.2, -0.15) is 0 Å². The molecule has 0 aliphatic carbocycles. The number of hydrogen-bond acceptors (Lipinski definition) is 5. The highest BCUT2D eigenvalue weighted by Gasteiger charge is 2.29. The summed E-state index contributed by atoms with van der Waals surface area (Å²) >= 11 is 5.99. The quantitative estimate of drug-likeness (QED) is 0.558. The zero-order valence-electron chi connectivity index (χ0n) is 14.6. The van der Waals surface area contributed by atoms with E-state index < -0.39 is 23.7 Å². The Morgan fingerprint density at radius 1 is 1.33 bits per heavy atom. The maximum absolute atomic E-state index is 13.9. The maximum atomic E-state index is 13.9. The monoisotopic (exact) mass is 390 g/mol. The van der Waals surface area contributed by atoms with Crippen molar-refractivity contribution in [2.75, 3.05) is 6.61 Å². The number of benzene rings is 2. The number of ketones is 1. The Kier molecular flexibility index (Phi) is 5.46. The molecule has 0 radical (unpaired) electrons. The molecule has 1 heterocycles. The molecule has 1 atom stereocenters. The summed E-state index contributed by atoms with van der Waals surface area (Å²) < 4.78 is 29.9. The molecule has 0 fully saturated rings. The molecule has 140 valence electrons. The lowest BCUT2D eigenvalue weighted by Gasteiger charge is -2.13. The molecule has 1 aliphatic heterocycles. The van der Waals surface area contributed by atoms with Crippen molar-refractivity contribution in [3.05, 3.63) is 64.1 Å². The molecule has 0 N–H and O–H groups in total. The van der Waals surface area contributed by atoms with Crippen LogP contribution in [0.1, 0.15) is 29.8 Å². The van der Waals surface area contributed by atoms with Crippen LogP contribution in [0.4, 0.5) is 4.39 Å². The molecule has 0 saturated carbocycles. The van der Waals surface area contributed by atoms with Gasteiger partial charge in [0.25, 0.3) is 0 Å². The van der Waals surface area contributed by atoms with Gasteiger partial charge in [-0.1, -0.05) is 17.7 Å². The van der Waals surface area contributed by atoms with E-state index in [1.165, 1.54) is 36.4 Å². The van der Waals surface area contributed by atoms with Crippen molar-refractivity contribution in [3.8, 4) is 11.5 Å². The predicted octanol–water partition coefficient (Wildman–Crippen LogP) is 4.43. The van der Waals surface area contributed by atoms with E-state index in [0.29, 0.717) is 11.3 Å². The third-order valence-electron chi connectivity index (χ3n) is 3.85. The normalized spacial score (nSPS) is 15.3. The van der Waals surface area contributed by atoms with Crippen molar-refractivity contribution in [2.45, 2.75) is 20.0 Å². The number of fused-ring (bicyclic) bond motifs is 1. The third-order valence-corrected chi connectivity index (χ3v) is 4.18. The number of Topliss-reactive ketones (excluding diaryl/α,β-unsaturated/α-hetero) is 1. The topological polar surface area (TPSA) is 61.8 Å². The second kappa shape index (κ2) is 7.80. The van der Waals surface area contributed by atoms with Gasteiger partial charge in [-0.05, 0) is 44.2 Å². The van der Waals surface area contributed by atoms with Crippen LogP contribution in [0, 0.1) is 5.82 Å². The minimum atomic E-state index is -0.813. The van der Waals surface area contributed by atoms with E-state index in [1.54, 1.807) is 19.9 Å². The lowest BCUT2D eigenvalue weighted by Crippen LogP contribution is -2.26. The molecule has 0 bridgehead atoms. The first-order valence-corrected chi connectivity index (χ1v) is 8.64. The summed E-state index contributed by atoms with van der Waals surface area (Å²) in [4.78, 5) is 24.1. The predicted molar refractivity (Wildman–Crippen MR) is 97.5 cm³/mol. The summed E-state index contributed by atoms with van der Waals surface area (Å²) in [5, 5.41) is 0.169. The van der Waals surface area contributed by atoms with Crippen LogP contribution in [0.2, 0.25) is 5.02 Å². The Morgan fingerprint density at radius 3 is 2.81 bits per heavy atom. The molecule has 5 nitrogen and oxygen atoms in total. The Hall–Kier alpha value is -2.86. The number of ether oxygens (including phenoxy) is 3. The van der Waals surface area contributed by atoms with Crippen LogP contribution in [-0.2, 0) is 9.53 Å². The van der Waals surface area contributed by atoms with Gasteiger partial charge in [-0.15, -0.1) is 0 Å². The average molecular weight is 391 g/mol. The van der Waals surface area contributed by atoms with E-state index in [9.17, 15) is 14.0 Å². The Bertz CT molecular complexity index is 918. The molecule has 3 rings (SSSR count). The second-order valence-corrected chi connectivity index (χ2v) is 6.15. The minimum absolute atomic E-state index is 0.0485. The molecule has 0 spiro atoms. The van der Waals surface area contributed by atoms with Gasteiger partial charge < -0.3 is 14.2 Å². The van der Waals surface area contributed by atoms with Gasteiger partial charge in [-0.3, -0.25) is 4.79 Å². The summed E-state index contributed by atoms with van der Waals surface area (Å²) in [5.41, 5.74) is 0.382. The highest BCUT2D eigenvalue weighted by Crippen LogP contribution is 2.36. The van der Waals surface area contributed by atoms with Crippen LogP contribution >= 0.6 is 11.6 Å². The highest BCUT2D eigenvalue weighted by atomic mass is 35.5. The zero-order valence-corrected chi connectivity index (χ0v) is 15.4. The summed E-state index contributed by atoms with van der Waals surface area (Å²) in [5.74, 6) is -0.902. The Morgan fingerprint density at radius 2 is 2.11 bits per heavy atom. The second-order valence-electron chi connectivity index (χ2n) is 5.75. The number of halogens is 2. The van der Waals surface area contributed by atoms with E-state index in [2.05, 4.69) is 0 Å². The Labute approximate surface area is 160 Å². The molecule has 0 saturated heterocycles. The molecule has 0 unspecified atom stereocenters. The van der Waals surface area contributed by atoms with Crippen LogP contribution in [-0.4, -0.2) is 24.5 Å². The van der Waals surface area contributed by atoms with Gasteiger partial charge in [0, 0.05) is 11.6 Å². The molecule has 7 heteroatoms. The zero-order chi connectivity index (χ0) is 19.6. The van der Waals surface area contributed by atoms with Gasteiger partial charge in [0.2, 0.25) is 5.78 Å². The van der Waals surface area contributed by atoms with Gasteiger partial charge in [0.05, 0.1) is 17.2 Å². The lowest BCUT2D eigenvalue weighted by atomic mass is 10.1. The summed E-state index contributed by atoms with van der Waals surface area (Å²) in [6.45, 7) is 3.51. The van der Waals surface area contributed by atoms with Gasteiger partial charge in [0.15, 0.2) is 11.9 Å². The first-order valence-electron chi connectivity index (χ1n) is 8.26. The van der Waals surface area contributed by atoms with E-state index in [0.717, 1.165) is 0 Å². The maximum Gasteiger partial charge on any atom is 0.347 e. The highest BCUT2D eigenvalue weighted by molar-refractivity contribution is 6.32. The lowest BCUT2D eigenvalue weighted by molar-refractivity contribution is -0.150. The minimum Gasteiger partial charge on any atom is -0.479 e. The average Bonchev–Trinajstić information content (AvgIpc) is 2.93. The van der Waals surface area contributed by atoms with Gasteiger partial charge >= 0.3 is 5.97 Å². The first-order chi connectivity index (χ1) is 12.9. The molecular weight excluding hydrogens is 375 g/mol. The smallest absolute Gasteiger partial charge is 0.347 e. The van der Waals surface area contributed by atoms with Crippen molar-refractivity contribution < 1.29 is 28.2 Å². The molecule has 2 aromatic rings. The number of hydrogen-bond donors (Lipinski definition) is 0. The van der Waals surface area contributed by atoms with Crippen molar-refractivity contribution in [2.24, 2.45) is 0 Å². The van der Waals surface area contributed by atoms with E-state index in [1.807, 2.05) is 0 Å². The number of rotatable bonds is 5. The summed E-state index contributed by atoms with van der Waals surface area (Å²) in [7, 11) is 0. The van der Waals surface area contributed by atoms with Crippen molar-refractivity contribution in [1.29, 1.82) is 0 Å². The van der Waals surface area contributed by atoms with E-state index in [4.69, 9.17) is 25.8 Å². The first kappa shape index (κ1) is 18.9. The molecule has 2 aromatic carbocycles. The number of carbonyl (C=O) groups excluding carboxylic acids is 2. The standard InChI is InChI=1S/C20H16ClFO5/c1-3-25-20(24)11(2)26-12-7-8-13-17(9-12)27-18(19(13)23)10-14-15(21)5-4-6-16(14)22/h4-11H,3H2,1-2H3/b18-10-/t11-/m0/s1. The Balaban J connectivity index is 1.83. The fraction of sp³-hybridized carbons (Fsp3) is 0.200. The van der Waals surface area contributed by atoms with Crippen LogP contribution in [0.15, 0.2) is 42.2 Å². The molecular formula is C20H16ClFO5. The van der Waals surface area contributed by atoms with Crippen molar-refractivity contribution in [3.63, 3.8) is 0 Å². The van der Waals surface area contributed by atoms with Crippen LogP contribution < -0.4 is 9.47 Å². The van der Waals surface area contributed by atoms with Crippen LogP contribution in [0.25, 0.3) is 6.08 Å². The number of esters is 1. The number of allylic oxidation sites excluding steroid dienone is 1. The van der Waals surface area contributed by atoms with E-state index in [-0.39, 0.29) is 28.7 Å². The molecule has 1 aliphatic rings. The van der Waals surface area contributed by atoms with Crippen LogP contribution in [0.5, 0.6) is 11.5 Å². The molecule has 0 aromatic heterocycles. The fourth-order valence-corrected chi connectivity index (χ4v) is 2.75. The van der Waals surface area contributed by atoms with Crippen LogP contribution in [0.3, 0.4) is 0 Å². The van der Waals surface area contributed by atoms with Gasteiger partial charge in [0.1, 0.15) is 17.3 Å². The summed E-state index contributed by atoms with van der Waals surface area (Å²) in [6.07, 6.45) is 0.453. The van der Waals surface area contributed by atoms with Gasteiger partial charge in [-0.25, -0.2) is 9.18 Å². The fourth-order valence-electron chi connectivity index (χ4n) is 2.53. The van der Waals surface area contributed by atoms with Crippen molar-refractivity contribution in [1.82, 2.24) is 0 Å².